The highest BCUT2D eigenvalue weighted by atomic mass is 32.2. The summed E-state index contributed by atoms with van der Waals surface area (Å²) >= 11 is 1.87. The van der Waals surface area contributed by atoms with E-state index < -0.39 is 5.60 Å². The topological polar surface area (TPSA) is 23.5 Å². The Labute approximate surface area is 73.0 Å². The average molecular weight is 175 g/mol. The maximum Gasteiger partial charge on any atom is 0.0863 e. The Kier molecular flexibility index (Phi) is 3.22. The number of aliphatic hydroxyl groups is 1. The van der Waals surface area contributed by atoms with Crippen LogP contribution in [0.3, 0.4) is 0 Å². The molecule has 1 saturated heterocycles. The van der Waals surface area contributed by atoms with Crippen molar-refractivity contribution >= 4 is 11.8 Å². The van der Waals surface area contributed by atoms with E-state index in [-0.39, 0.29) is 0 Å². The van der Waals surface area contributed by atoms with Crippen molar-refractivity contribution in [1.82, 2.24) is 4.90 Å². The fourth-order valence-corrected chi connectivity index (χ4v) is 2.66. The maximum absolute atomic E-state index is 9.98. The molecule has 0 aliphatic carbocycles. The van der Waals surface area contributed by atoms with E-state index in [1.807, 2.05) is 25.9 Å². The number of nitrogens with zero attached hydrogens (tertiary/aromatic N) is 1. The molecule has 1 fully saturated rings. The van der Waals surface area contributed by atoms with Crippen molar-refractivity contribution in [2.45, 2.75) is 18.4 Å². The zero-order chi connectivity index (χ0) is 8.32. The van der Waals surface area contributed by atoms with E-state index in [1.54, 1.807) is 0 Å². The van der Waals surface area contributed by atoms with Crippen molar-refractivity contribution < 1.29 is 5.11 Å². The molecule has 1 aliphatic heterocycles. The second kappa shape index (κ2) is 3.78. The lowest BCUT2D eigenvalue weighted by molar-refractivity contribution is 0.0273. The van der Waals surface area contributed by atoms with Crippen molar-refractivity contribution in [3.05, 3.63) is 0 Å². The van der Waals surface area contributed by atoms with Crippen LogP contribution in [0.25, 0.3) is 0 Å². The van der Waals surface area contributed by atoms with Crippen molar-refractivity contribution in [3.8, 4) is 0 Å². The normalized spacial score (nSPS) is 32.7. The fraction of sp³-hybridized carbons (Fsp3) is 1.00. The highest BCUT2D eigenvalue weighted by Crippen LogP contribution is 2.26. The van der Waals surface area contributed by atoms with Gasteiger partial charge in [0.25, 0.3) is 0 Å². The van der Waals surface area contributed by atoms with Gasteiger partial charge >= 0.3 is 0 Å². The molecule has 1 atom stereocenters. The summed E-state index contributed by atoms with van der Waals surface area (Å²) in [5.41, 5.74) is -0.410. The zero-order valence-corrected chi connectivity index (χ0v) is 8.15. The van der Waals surface area contributed by atoms with Gasteiger partial charge in [-0.2, -0.15) is 11.8 Å². The second-order valence-corrected chi connectivity index (χ2v) is 4.72. The minimum absolute atomic E-state index is 0.410. The van der Waals surface area contributed by atoms with E-state index in [1.165, 1.54) is 5.75 Å². The molecule has 1 heterocycles. The van der Waals surface area contributed by atoms with Crippen molar-refractivity contribution in [3.63, 3.8) is 0 Å². The van der Waals surface area contributed by atoms with E-state index in [9.17, 15) is 5.11 Å². The Balaban J connectivity index is 2.37. The van der Waals surface area contributed by atoms with Gasteiger partial charge in [0.2, 0.25) is 0 Å². The van der Waals surface area contributed by atoms with Crippen LogP contribution in [0.4, 0.5) is 0 Å². The third kappa shape index (κ3) is 3.01. The first-order valence-electron chi connectivity index (χ1n) is 4.07. The minimum atomic E-state index is -0.410. The van der Waals surface area contributed by atoms with Crippen LogP contribution in [0.1, 0.15) is 12.8 Å². The third-order valence-electron chi connectivity index (χ3n) is 1.91. The van der Waals surface area contributed by atoms with Crippen LogP contribution < -0.4 is 0 Å². The van der Waals surface area contributed by atoms with E-state index in [0.29, 0.717) is 0 Å². The molecular weight excluding hydrogens is 158 g/mol. The molecule has 11 heavy (non-hydrogen) atoms. The summed E-state index contributed by atoms with van der Waals surface area (Å²) < 4.78 is 0. The van der Waals surface area contributed by atoms with Crippen LogP contribution in [-0.2, 0) is 0 Å². The van der Waals surface area contributed by atoms with Gasteiger partial charge in [0, 0.05) is 12.3 Å². The average Bonchev–Trinajstić information content (AvgIpc) is 1.85. The van der Waals surface area contributed by atoms with Crippen LogP contribution in [0.15, 0.2) is 0 Å². The van der Waals surface area contributed by atoms with Gasteiger partial charge in [0.15, 0.2) is 0 Å². The van der Waals surface area contributed by atoms with Crippen LogP contribution in [-0.4, -0.2) is 47.8 Å². The summed E-state index contributed by atoms with van der Waals surface area (Å²) in [6.07, 6.45) is 2.13. The number of hydrogen-bond acceptors (Lipinski definition) is 3. The Hall–Kier alpha value is 0.270. The van der Waals surface area contributed by atoms with Gasteiger partial charge in [0.1, 0.15) is 0 Å². The molecule has 0 bridgehead atoms. The summed E-state index contributed by atoms with van der Waals surface area (Å²) in [6, 6.07) is 0. The van der Waals surface area contributed by atoms with Gasteiger partial charge in [-0.15, -0.1) is 0 Å². The molecule has 0 aromatic rings. The minimum Gasteiger partial charge on any atom is -0.388 e. The largest absolute Gasteiger partial charge is 0.388 e. The van der Waals surface area contributed by atoms with Crippen molar-refractivity contribution in [2.24, 2.45) is 0 Å². The molecular formula is C8H17NOS. The summed E-state index contributed by atoms with van der Waals surface area (Å²) in [7, 11) is 4.02. The molecule has 1 N–H and O–H groups in total. The lowest BCUT2D eigenvalue weighted by atomic mass is 10.00. The number of likely N-dealkylation sites (N-methyl/N-ethyl adjacent to an activating group) is 1. The Morgan fingerprint density at radius 3 is 2.73 bits per heavy atom. The second-order valence-electron chi connectivity index (χ2n) is 3.62. The first-order valence-corrected chi connectivity index (χ1v) is 5.23. The molecule has 66 valence electrons. The third-order valence-corrected chi connectivity index (χ3v) is 3.23. The monoisotopic (exact) mass is 175 g/mol. The SMILES string of the molecule is CN(C)CC1(O)CCCSC1. The van der Waals surface area contributed by atoms with Gasteiger partial charge in [-0.05, 0) is 32.7 Å². The molecule has 0 saturated carbocycles. The summed E-state index contributed by atoms with van der Waals surface area (Å²) in [6.45, 7) is 0.806. The van der Waals surface area contributed by atoms with Crippen LogP contribution in [0, 0.1) is 0 Å². The van der Waals surface area contributed by atoms with E-state index in [2.05, 4.69) is 4.90 Å². The summed E-state index contributed by atoms with van der Waals surface area (Å²) in [5.74, 6) is 2.13. The quantitative estimate of drug-likeness (QED) is 0.672. The van der Waals surface area contributed by atoms with Gasteiger partial charge in [-0.25, -0.2) is 0 Å². The Bertz CT molecular complexity index is 121. The van der Waals surface area contributed by atoms with Gasteiger partial charge in [-0.3, -0.25) is 0 Å². The van der Waals surface area contributed by atoms with Crippen LogP contribution >= 0.6 is 11.8 Å². The highest BCUT2D eigenvalue weighted by Gasteiger charge is 2.29. The van der Waals surface area contributed by atoms with Crippen LogP contribution in [0.5, 0.6) is 0 Å². The zero-order valence-electron chi connectivity index (χ0n) is 7.34. The summed E-state index contributed by atoms with van der Waals surface area (Å²) in [5, 5.41) is 9.98. The standard InChI is InChI=1S/C8H17NOS/c1-9(2)6-8(10)4-3-5-11-7-8/h10H,3-7H2,1-2H3. The molecule has 1 rings (SSSR count). The molecule has 0 radical (unpaired) electrons. The van der Waals surface area contributed by atoms with Gasteiger partial charge < -0.3 is 10.0 Å². The number of rotatable bonds is 2. The maximum atomic E-state index is 9.98. The lowest BCUT2D eigenvalue weighted by Gasteiger charge is -2.33. The summed E-state index contributed by atoms with van der Waals surface area (Å²) in [4.78, 5) is 2.06. The van der Waals surface area contributed by atoms with E-state index in [4.69, 9.17) is 0 Å². The van der Waals surface area contributed by atoms with Crippen molar-refractivity contribution in [2.75, 3.05) is 32.1 Å². The van der Waals surface area contributed by atoms with E-state index >= 15 is 0 Å². The Morgan fingerprint density at radius 1 is 1.55 bits per heavy atom. The highest BCUT2D eigenvalue weighted by molar-refractivity contribution is 7.99. The first-order chi connectivity index (χ1) is 5.12. The number of thioether (sulfide) groups is 1. The smallest absolute Gasteiger partial charge is 0.0863 e. The molecule has 0 amide bonds. The lowest BCUT2D eigenvalue weighted by Crippen LogP contribution is -2.44. The van der Waals surface area contributed by atoms with Gasteiger partial charge in [-0.1, -0.05) is 0 Å². The van der Waals surface area contributed by atoms with E-state index in [0.717, 1.165) is 25.1 Å². The molecule has 3 heteroatoms. The number of hydrogen-bond donors (Lipinski definition) is 1. The van der Waals surface area contributed by atoms with Crippen molar-refractivity contribution in [1.29, 1.82) is 0 Å². The molecule has 0 aromatic heterocycles. The molecule has 2 nitrogen and oxygen atoms in total. The molecule has 0 spiro atoms. The molecule has 1 unspecified atom stereocenters. The molecule has 1 aliphatic rings. The van der Waals surface area contributed by atoms with Crippen LogP contribution in [0.2, 0.25) is 0 Å². The Morgan fingerprint density at radius 2 is 2.27 bits per heavy atom. The fourth-order valence-electron chi connectivity index (χ4n) is 1.55. The predicted octanol–water partition coefficient (Wildman–Crippen LogP) is 0.806. The molecule has 0 aromatic carbocycles. The first kappa shape index (κ1) is 9.36. The predicted molar refractivity (Wildman–Crippen MR) is 50.1 cm³/mol. The van der Waals surface area contributed by atoms with Gasteiger partial charge in [0.05, 0.1) is 5.60 Å².